The molecule has 164 valence electrons. The molecule has 7 heteroatoms. The molecule has 30 heavy (non-hydrogen) atoms. The van der Waals surface area contributed by atoms with Gasteiger partial charge in [-0.15, -0.1) is 24.0 Å². The number of hydrogen-bond acceptors (Lipinski definition) is 3. The van der Waals surface area contributed by atoms with Gasteiger partial charge in [-0.1, -0.05) is 48.5 Å². The Balaban J connectivity index is 0.00000320. The summed E-state index contributed by atoms with van der Waals surface area (Å²) < 4.78 is 19.7. The number of halogens is 2. The van der Waals surface area contributed by atoms with Crippen LogP contribution in [0.5, 0.6) is 0 Å². The minimum Gasteiger partial charge on any atom is -0.386 e. The fourth-order valence-electron chi connectivity index (χ4n) is 3.52. The quantitative estimate of drug-likeness (QED) is 0.310. The number of ether oxygens (including phenoxy) is 1. The zero-order valence-electron chi connectivity index (χ0n) is 17.3. The van der Waals surface area contributed by atoms with Crippen LogP contribution >= 0.6 is 24.0 Å². The highest BCUT2D eigenvalue weighted by atomic mass is 127. The average molecular weight is 527 g/mol. The van der Waals surface area contributed by atoms with Crippen LogP contribution in [-0.2, 0) is 11.3 Å². The molecular weight excluding hydrogens is 496 g/mol. The number of nitrogens with zero attached hydrogens (tertiary/aromatic N) is 2. The van der Waals surface area contributed by atoms with Gasteiger partial charge in [0, 0.05) is 31.1 Å². The van der Waals surface area contributed by atoms with E-state index < -0.39 is 11.9 Å². The minimum atomic E-state index is -0.961. The molecule has 0 amide bonds. The van der Waals surface area contributed by atoms with Gasteiger partial charge in [-0.05, 0) is 25.0 Å². The monoisotopic (exact) mass is 527 g/mol. The zero-order valence-corrected chi connectivity index (χ0v) is 19.7. The van der Waals surface area contributed by atoms with E-state index in [1.165, 1.54) is 11.6 Å². The molecule has 1 aliphatic rings. The maximum atomic E-state index is 13.9. The van der Waals surface area contributed by atoms with E-state index in [2.05, 4.69) is 27.3 Å². The molecule has 2 atom stereocenters. The first-order valence-corrected chi connectivity index (χ1v) is 10.2. The van der Waals surface area contributed by atoms with Crippen LogP contribution in [0, 0.1) is 11.7 Å². The number of rotatable bonds is 8. The molecule has 3 rings (SSSR count). The largest absolute Gasteiger partial charge is 0.386 e. The van der Waals surface area contributed by atoms with Crippen molar-refractivity contribution in [1.82, 2.24) is 10.2 Å². The summed E-state index contributed by atoms with van der Waals surface area (Å²) in [4.78, 5) is 6.74. The molecule has 0 radical (unpaired) electrons. The van der Waals surface area contributed by atoms with Crippen LogP contribution in [-0.4, -0.2) is 48.8 Å². The van der Waals surface area contributed by atoms with Gasteiger partial charge >= 0.3 is 0 Å². The highest BCUT2D eigenvalue weighted by Crippen LogP contribution is 2.19. The lowest BCUT2D eigenvalue weighted by atomic mass is 10.1. The molecule has 5 nitrogen and oxygen atoms in total. The summed E-state index contributed by atoms with van der Waals surface area (Å²) in [6.07, 6.45) is 0.0761. The Kier molecular flexibility index (Phi) is 10.5. The van der Waals surface area contributed by atoms with Gasteiger partial charge in [-0.3, -0.25) is 4.99 Å². The number of aliphatic imine (C=N–C) groups is 1. The molecule has 1 saturated heterocycles. The minimum absolute atomic E-state index is 0. The third-order valence-electron chi connectivity index (χ3n) is 5.06. The first kappa shape index (κ1) is 24.6. The number of hydrogen-bond donors (Lipinski definition) is 2. The van der Waals surface area contributed by atoms with Crippen LogP contribution in [0.2, 0.25) is 0 Å². The summed E-state index contributed by atoms with van der Waals surface area (Å²) in [7, 11) is 0. The third kappa shape index (κ3) is 7.21. The van der Waals surface area contributed by atoms with Crippen LogP contribution in [0.15, 0.2) is 59.6 Å². The van der Waals surface area contributed by atoms with E-state index in [9.17, 15) is 9.50 Å². The number of aliphatic hydroxyl groups is 1. The maximum Gasteiger partial charge on any atom is 0.194 e. The Hall–Kier alpha value is -1.71. The van der Waals surface area contributed by atoms with E-state index in [4.69, 9.17) is 4.74 Å². The molecule has 2 unspecified atom stereocenters. The summed E-state index contributed by atoms with van der Waals surface area (Å²) in [6, 6.07) is 16.5. The topological polar surface area (TPSA) is 57.1 Å². The summed E-state index contributed by atoms with van der Waals surface area (Å²) in [5, 5.41) is 13.6. The van der Waals surface area contributed by atoms with Crippen LogP contribution < -0.4 is 5.32 Å². The SMILES string of the molecule is CCNC(=NCC(O)c1ccccc1F)N1CCC(COCc2ccccc2)C1.I. The third-order valence-corrected chi connectivity index (χ3v) is 5.06. The van der Waals surface area contributed by atoms with E-state index in [0.717, 1.165) is 32.0 Å². The second-order valence-electron chi connectivity index (χ2n) is 7.33. The second-order valence-corrected chi connectivity index (χ2v) is 7.33. The van der Waals surface area contributed by atoms with Crippen molar-refractivity contribution in [2.75, 3.05) is 32.8 Å². The van der Waals surface area contributed by atoms with Crippen LogP contribution in [0.3, 0.4) is 0 Å². The molecule has 1 aliphatic heterocycles. The van der Waals surface area contributed by atoms with Crippen molar-refractivity contribution in [2.24, 2.45) is 10.9 Å². The van der Waals surface area contributed by atoms with Gasteiger partial charge in [0.25, 0.3) is 0 Å². The van der Waals surface area contributed by atoms with Crippen molar-refractivity contribution in [2.45, 2.75) is 26.1 Å². The Bertz CT molecular complexity index is 791. The lowest BCUT2D eigenvalue weighted by Gasteiger charge is -2.22. The average Bonchev–Trinajstić information content (AvgIpc) is 3.21. The fraction of sp³-hybridized carbons (Fsp3) is 0.435. The zero-order chi connectivity index (χ0) is 20.5. The van der Waals surface area contributed by atoms with Gasteiger partial charge in [0.05, 0.1) is 19.8 Å². The Morgan fingerprint density at radius 3 is 2.70 bits per heavy atom. The number of nitrogens with one attached hydrogen (secondary N) is 1. The van der Waals surface area contributed by atoms with Crippen molar-refractivity contribution in [3.8, 4) is 0 Å². The molecule has 0 aliphatic carbocycles. The molecular formula is C23H31FIN3O2. The predicted molar refractivity (Wildman–Crippen MR) is 129 cm³/mol. The van der Waals surface area contributed by atoms with Crippen LogP contribution in [0.4, 0.5) is 4.39 Å². The van der Waals surface area contributed by atoms with Gasteiger partial charge in [0.2, 0.25) is 0 Å². The van der Waals surface area contributed by atoms with Crippen molar-refractivity contribution < 1.29 is 14.2 Å². The first-order chi connectivity index (χ1) is 14.2. The van der Waals surface area contributed by atoms with E-state index >= 15 is 0 Å². The molecule has 1 fully saturated rings. The number of aliphatic hydroxyl groups excluding tert-OH is 1. The molecule has 2 aromatic carbocycles. The van der Waals surface area contributed by atoms with E-state index in [0.29, 0.717) is 19.1 Å². The van der Waals surface area contributed by atoms with Gasteiger partial charge < -0.3 is 20.1 Å². The molecule has 0 spiro atoms. The van der Waals surface area contributed by atoms with Crippen molar-refractivity contribution >= 4 is 29.9 Å². The van der Waals surface area contributed by atoms with E-state index in [1.807, 2.05) is 25.1 Å². The lowest BCUT2D eigenvalue weighted by molar-refractivity contribution is 0.0906. The van der Waals surface area contributed by atoms with Crippen molar-refractivity contribution in [1.29, 1.82) is 0 Å². The Morgan fingerprint density at radius 1 is 1.23 bits per heavy atom. The van der Waals surface area contributed by atoms with Crippen molar-refractivity contribution in [3.63, 3.8) is 0 Å². The van der Waals surface area contributed by atoms with Gasteiger partial charge in [0.1, 0.15) is 11.9 Å². The molecule has 0 aromatic heterocycles. The molecule has 2 N–H and O–H groups in total. The summed E-state index contributed by atoms with van der Waals surface area (Å²) >= 11 is 0. The molecule has 1 heterocycles. The number of guanidine groups is 1. The molecule has 0 saturated carbocycles. The standard InChI is InChI=1S/C23H30FN3O2.HI/c1-2-25-23(26-14-22(28)20-10-6-7-11-21(20)24)27-13-12-19(15-27)17-29-16-18-8-4-3-5-9-18;/h3-11,19,22,28H,2,12-17H2,1H3,(H,25,26);1H. The smallest absolute Gasteiger partial charge is 0.194 e. The van der Waals surface area contributed by atoms with Crippen molar-refractivity contribution in [3.05, 3.63) is 71.5 Å². The summed E-state index contributed by atoms with van der Waals surface area (Å²) in [6.45, 7) is 5.95. The normalized spacial score (nSPS) is 17.5. The first-order valence-electron chi connectivity index (χ1n) is 10.2. The Labute approximate surface area is 195 Å². The summed E-state index contributed by atoms with van der Waals surface area (Å²) in [5.74, 6) is 0.796. The second kappa shape index (κ2) is 12.9. The van der Waals surface area contributed by atoms with Gasteiger partial charge in [0.15, 0.2) is 5.96 Å². The van der Waals surface area contributed by atoms with Crippen LogP contribution in [0.1, 0.15) is 30.6 Å². The van der Waals surface area contributed by atoms with E-state index in [1.54, 1.807) is 18.2 Å². The number of benzene rings is 2. The molecule has 0 bridgehead atoms. The fourth-order valence-corrected chi connectivity index (χ4v) is 3.52. The predicted octanol–water partition coefficient (Wildman–Crippen LogP) is 3.98. The highest BCUT2D eigenvalue weighted by Gasteiger charge is 2.25. The van der Waals surface area contributed by atoms with Crippen LogP contribution in [0.25, 0.3) is 0 Å². The maximum absolute atomic E-state index is 13.9. The van der Waals surface area contributed by atoms with E-state index in [-0.39, 0.29) is 36.1 Å². The van der Waals surface area contributed by atoms with Gasteiger partial charge in [-0.2, -0.15) is 0 Å². The van der Waals surface area contributed by atoms with Gasteiger partial charge in [-0.25, -0.2) is 4.39 Å². The number of likely N-dealkylation sites (tertiary alicyclic amines) is 1. The molecule has 2 aromatic rings. The summed E-state index contributed by atoms with van der Waals surface area (Å²) in [5.41, 5.74) is 1.46. The Morgan fingerprint density at radius 2 is 1.97 bits per heavy atom. The highest BCUT2D eigenvalue weighted by molar-refractivity contribution is 14.0. The lowest BCUT2D eigenvalue weighted by Crippen LogP contribution is -2.40.